The second kappa shape index (κ2) is 5.89. The van der Waals surface area contributed by atoms with Crippen LogP contribution in [0.1, 0.15) is 45.1 Å². The molecule has 2 rings (SSSR count). The van der Waals surface area contributed by atoms with Gasteiger partial charge < -0.3 is 9.94 Å². The van der Waals surface area contributed by atoms with E-state index in [2.05, 4.69) is 12.1 Å². The quantitative estimate of drug-likeness (QED) is 0.501. The minimum Gasteiger partial charge on any atom is -0.490 e. The van der Waals surface area contributed by atoms with Gasteiger partial charge in [-0.15, -0.1) is 0 Å². The Morgan fingerprint density at radius 1 is 1.39 bits per heavy atom. The van der Waals surface area contributed by atoms with Gasteiger partial charge in [0.15, 0.2) is 0 Å². The van der Waals surface area contributed by atoms with Crippen LogP contribution in [0, 0.1) is 5.92 Å². The molecule has 1 aromatic rings. The fourth-order valence-electron chi connectivity index (χ4n) is 2.53. The van der Waals surface area contributed by atoms with Crippen LogP contribution in [-0.4, -0.2) is 17.0 Å². The van der Waals surface area contributed by atoms with Crippen LogP contribution in [0.25, 0.3) is 0 Å². The molecule has 98 valence electrons. The molecule has 1 N–H and O–H groups in total. The minimum absolute atomic E-state index is 0.329. The molecule has 0 aliphatic heterocycles. The van der Waals surface area contributed by atoms with Gasteiger partial charge in [0.2, 0.25) is 0 Å². The van der Waals surface area contributed by atoms with Gasteiger partial charge in [0.1, 0.15) is 5.75 Å². The second-order valence-corrected chi connectivity index (χ2v) is 5.22. The fourth-order valence-corrected chi connectivity index (χ4v) is 2.53. The topological polar surface area (TPSA) is 41.8 Å². The summed E-state index contributed by atoms with van der Waals surface area (Å²) in [6.45, 7) is 4.07. The first-order valence-electron chi connectivity index (χ1n) is 6.65. The molecule has 0 bridgehead atoms. The molecular weight excluding hydrogens is 226 g/mol. The van der Waals surface area contributed by atoms with Crippen LogP contribution in [0.5, 0.6) is 5.75 Å². The van der Waals surface area contributed by atoms with Crippen molar-refractivity contribution in [3.63, 3.8) is 0 Å². The van der Waals surface area contributed by atoms with E-state index in [1.165, 1.54) is 12.8 Å². The zero-order chi connectivity index (χ0) is 13.0. The number of nitrogens with zero attached hydrogens (tertiary/aromatic N) is 1. The molecule has 2 unspecified atom stereocenters. The number of hydrogen-bond donors (Lipinski definition) is 1. The molecular formula is C15H21NO2. The van der Waals surface area contributed by atoms with Crippen molar-refractivity contribution >= 4 is 5.71 Å². The zero-order valence-electron chi connectivity index (χ0n) is 11.1. The largest absolute Gasteiger partial charge is 0.490 e. The highest BCUT2D eigenvalue weighted by Crippen LogP contribution is 2.27. The van der Waals surface area contributed by atoms with Gasteiger partial charge in [0.25, 0.3) is 0 Å². The van der Waals surface area contributed by atoms with Gasteiger partial charge in [-0.1, -0.05) is 30.6 Å². The van der Waals surface area contributed by atoms with Crippen LogP contribution in [0.15, 0.2) is 29.4 Å². The van der Waals surface area contributed by atoms with Crippen LogP contribution >= 0.6 is 0 Å². The predicted octanol–water partition coefficient (Wildman–Crippen LogP) is 3.84. The first-order valence-corrected chi connectivity index (χ1v) is 6.65. The standard InChI is InChI=1S/C15H21NO2/c1-11-5-3-7-14(9-11)18-15-8-4-6-13(10-15)12(2)16-17/h4,6,8,10-11,14,17H,3,5,7,9H2,1-2H3. The van der Waals surface area contributed by atoms with Crippen LogP contribution in [0.2, 0.25) is 0 Å². The van der Waals surface area contributed by atoms with Gasteiger partial charge in [-0.05, 0) is 44.2 Å². The van der Waals surface area contributed by atoms with Gasteiger partial charge in [0, 0.05) is 5.56 Å². The Labute approximate surface area is 108 Å². The first kappa shape index (κ1) is 12.9. The Morgan fingerprint density at radius 2 is 2.22 bits per heavy atom. The normalized spacial score (nSPS) is 24.9. The lowest BCUT2D eigenvalue weighted by molar-refractivity contribution is 0.129. The minimum atomic E-state index is 0.329. The van der Waals surface area contributed by atoms with Crippen molar-refractivity contribution in [1.29, 1.82) is 0 Å². The Kier molecular flexibility index (Phi) is 4.24. The molecule has 1 aromatic carbocycles. The van der Waals surface area contributed by atoms with Gasteiger partial charge in [-0.25, -0.2) is 0 Å². The van der Waals surface area contributed by atoms with E-state index in [1.807, 2.05) is 24.3 Å². The van der Waals surface area contributed by atoms with Crippen LogP contribution < -0.4 is 4.74 Å². The lowest BCUT2D eigenvalue weighted by atomic mass is 9.89. The first-order chi connectivity index (χ1) is 8.69. The maximum absolute atomic E-state index is 8.78. The number of oxime groups is 1. The highest BCUT2D eigenvalue weighted by Gasteiger charge is 2.20. The molecule has 2 atom stereocenters. The monoisotopic (exact) mass is 247 g/mol. The smallest absolute Gasteiger partial charge is 0.120 e. The number of benzene rings is 1. The Hall–Kier alpha value is -1.51. The van der Waals surface area contributed by atoms with Crippen LogP contribution in [-0.2, 0) is 0 Å². The van der Waals surface area contributed by atoms with E-state index in [4.69, 9.17) is 9.94 Å². The van der Waals surface area contributed by atoms with E-state index in [9.17, 15) is 0 Å². The molecule has 3 heteroatoms. The molecule has 0 saturated heterocycles. The summed E-state index contributed by atoms with van der Waals surface area (Å²) in [6.07, 6.45) is 5.17. The second-order valence-electron chi connectivity index (χ2n) is 5.22. The van der Waals surface area contributed by atoms with Crippen molar-refractivity contribution in [2.75, 3.05) is 0 Å². The number of rotatable bonds is 3. The molecule has 1 fully saturated rings. The average molecular weight is 247 g/mol. The Morgan fingerprint density at radius 3 is 2.94 bits per heavy atom. The van der Waals surface area contributed by atoms with Gasteiger partial charge in [-0.3, -0.25) is 0 Å². The molecule has 0 heterocycles. The predicted molar refractivity (Wildman–Crippen MR) is 72.5 cm³/mol. The van der Waals surface area contributed by atoms with Crippen molar-refractivity contribution in [3.8, 4) is 5.75 Å². The molecule has 0 amide bonds. The van der Waals surface area contributed by atoms with Crippen molar-refractivity contribution in [3.05, 3.63) is 29.8 Å². The molecule has 18 heavy (non-hydrogen) atoms. The Bertz CT molecular complexity index is 428. The molecule has 1 saturated carbocycles. The van der Waals surface area contributed by atoms with E-state index in [1.54, 1.807) is 6.92 Å². The van der Waals surface area contributed by atoms with E-state index < -0.39 is 0 Å². The third kappa shape index (κ3) is 3.25. The van der Waals surface area contributed by atoms with Gasteiger partial charge in [-0.2, -0.15) is 0 Å². The molecule has 3 nitrogen and oxygen atoms in total. The molecule has 1 aliphatic rings. The summed E-state index contributed by atoms with van der Waals surface area (Å²) in [4.78, 5) is 0. The van der Waals surface area contributed by atoms with Crippen molar-refractivity contribution in [2.24, 2.45) is 11.1 Å². The summed E-state index contributed by atoms with van der Waals surface area (Å²) in [7, 11) is 0. The SMILES string of the molecule is CC(=NO)c1cccc(OC2CCCC(C)C2)c1. The summed E-state index contributed by atoms with van der Waals surface area (Å²) in [5, 5.41) is 12.0. The maximum Gasteiger partial charge on any atom is 0.120 e. The van der Waals surface area contributed by atoms with Gasteiger partial charge >= 0.3 is 0 Å². The third-order valence-electron chi connectivity index (χ3n) is 3.59. The molecule has 0 radical (unpaired) electrons. The van der Waals surface area contributed by atoms with Crippen molar-refractivity contribution in [2.45, 2.75) is 45.6 Å². The van der Waals surface area contributed by atoms with Crippen LogP contribution in [0.3, 0.4) is 0 Å². The summed E-state index contributed by atoms with van der Waals surface area (Å²) < 4.78 is 6.02. The summed E-state index contributed by atoms with van der Waals surface area (Å²) in [6, 6.07) is 7.76. The summed E-state index contributed by atoms with van der Waals surface area (Å²) >= 11 is 0. The van der Waals surface area contributed by atoms with E-state index in [0.717, 1.165) is 30.1 Å². The Balaban J connectivity index is 2.05. The van der Waals surface area contributed by atoms with Crippen molar-refractivity contribution < 1.29 is 9.94 Å². The number of hydrogen-bond acceptors (Lipinski definition) is 3. The lowest BCUT2D eigenvalue weighted by Gasteiger charge is -2.27. The molecule has 0 aromatic heterocycles. The third-order valence-corrected chi connectivity index (χ3v) is 3.59. The van der Waals surface area contributed by atoms with E-state index in [0.29, 0.717) is 11.8 Å². The van der Waals surface area contributed by atoms with Crippen molar-refractivity contribution in [1.82, 2.24) is 0 Å². The molecule has 1 aliphatic carbocycles. The molecule has 0 spiro atoms. The lowest BCUT2D eigenvalue weighted by Crippen LogP contribution is -2.24. The van der Waals surface area contributed by atoms with Crippen LogP contribution in [0.4, 0.5) is 0 Å². The average Bonchev–Trinajstić information content (AvgIpc) is 2.38. The zero-order valence-corrected chi connectivity index (χ0v) is 11.1. The highest BCUT2D eigenvalue weighted by molar-refractivity contribution is 5.98. The highest BCUT2D eigenvalue weighted by atomic mass is 16.5. The van der Waals surface area contributed by atoms with Gasteiger partial charge in [0.05, 0.1) is 11.8 Å². The fraction of sp³-hybridized carbons (Fsp3) is 0.533. The summed E-state index contributed by atoms with van der Waals surface area (Å²) in [5.41, 5.74) is 1.51. The summed E-state index contributed by atoms with van der Waals surface area (Å²) in [5.74, 6) is 1.63. The number of ether oxygens (including phenoxy) is 1. The van der Waals surface area contributed by atoms with E-state index in [-0.39, 0.29) is 0 Å². The van der Waals surface area contributed by atoms with E-state index >= 15 is 0 Å². The maximum atomic E-state index is 8.78.